The first kappa shape index (κ1) is 8.89. The van der Waals surface area contributed by atoms with Crippen LogP contribution in [0.4, 0.5) is 0 Å². The Hall–Kier alpha value is -0.690. The fraction of sp³-hybridized carbons (Fsp3) is 0.333. The van der Waals surface area contributed by atoms with Crippen LogP contribution in [0.2, 0.25) is 0 Å². The minimum atomic E-state index is 1.23. The molecule has 68 valence electrons. The quantitative estimate of drug-likeness (QED) is 0.596. The molecule has 1 aromatic carbocycles. The zero-order chi connectivity index (χ0) is 9.26. The first-order valence-electron chi connectivity index (χ1n) is 4.67. The lowest BCUT2D eigenvalue weighted by atomic mass is 9.99. The van der Waals surface area contributed by atoms with Gasteiger partial charge in [-0.25, -0.2) is 0 Å². The smallest absolute Gasteiger partial charge is 0.0147 e. The number of benzene rings is 1. The molecule has 0 unspecified atom stereocenters. The van der Waals surface area contributed by atoms with E-state index < -0.39 is 0 Å². The number of hydrogen-bond donors (Lipinski definition) is 0. The standard InChI is InChI=1S/C12H14S/c1-9(2)10-7-8-13-12-6-4-3-5-11(10)12/h3-6H,7-8H2,1-2H3. The number of hydrogen-bond acceptors (Lipinski definition) is 1. The molecule has 0 N–H and O–H groups in total. The Morgan fingerprint density at radius 3 is 2.77 bits per heavy atom. The summed E-state index contributed by atoms with van der Waals surface area (Å²) >= 11 is 1.98. The molecule has 0 radical (unpaired) electrons. The molecule has 0 aromatic heterocycles. The van der Waals surface area contributed by atoms with Gasteiger partial charge in [-0.05, 0) is 37.5 Å². The van der Waals surface area contributed by atoms with Crippen molar-refractivity contribution >= 4 is 17.3 Å². The van der Waals surface area contributed by atoms with Crippen LogP contribution in [0.3, 0.4) is 0 Å². The van der Waals surface area contributed by atoms with Crippen molar-refractivity contribution in [2.45, 2.75) is 25.2 Å². The second-order valence-corrected chi connectivity index (χ2v) is 4.71. The maximum absolute atomic E-state index is 2.24. The molecule has 0 amide bonds. The van der Waals surface area contributed by atoms with Gasteiger partial charge in [0.15, 0.2) is 0 Å². The van der Waals surface area contributed by atoms with Gasteiger partial charge in [0, 0.05) is 10.6 Å². The summed E-state index contributed by atoms with van der Waals surface area (Å²) in [5, 5.41) is 0. The summed E-state index contributed by atoms with van der Waals surface area (Å²) in [5.41, 5.74) is 4.47. The van der Waals surface area contributed by atoms with Crippen molar-refractivity contribution in [1.82, 2.24) is 0 Å². The van der Waals surface area contributed by atoms with Crippen molar-refractivity contribution < 1.29 is 0 Å². The molecular weight excluding hydrogens is 176 g/mol. The van der Waals surface area contributed by atoms with E-state index in [2.05, 4.69) is 38.1 Å². The molecule has 13 heavy (non-hydrogen) atoms. The highest BCUT2D eigenvalue weighted by Gasteiger charge is 2.13. The average molecular weight is 190 g/mol. The zero-order valence-electron chi connectivity index (χ0n) is 8.13. The Morgan fingerprint density at radius 2 is 2.00 bits per heavy atom. The molecule has 1 aliphatic rings. The van der Waals surface area contributed by atoms with Gasteiger partial charge >= 0.3 is 0 Å². The number of fused-ring (bicyclic) bond motifs is 1. The monoisotopic (exact) mass is 190 g/mol. The number of rotatable bonds is 0. The maximum Gasteiger partial charge on any atom is 0.0147 e. The van der Waals surface area contributed by atoms with Gasteiger partial charge in [0.1, 0.15) is 0 Å². The maximum atomic E-state index is 2.24. The number of allylic oxidation sites excluding steroid dienone is 2. The third kappa shape index (κ3) is 1.66. The molecule has 0 bridgehead atoms. The van der Waals surface area contributed by atoms with Crippen LogP contribution in [-0.4, -0.2) is 5.75 Å². The SMILES string of the molecule is CC(C)=C1CCSc2ccccc21. The Bertz CT molecular complexity index is 346. The Morgan fingerprint density at radius 1 is 1.23 bits per heavy atom. The van der Waals surface area contributed by atoms with Gasteiger partial charge < -0.3 is 0 Å². The lowest BCUT2D eigenvalue weighted by molar-refractivity contribution is 1.15. The normalized spacial score (nSPS) is 15.4. The molecular formula is C12H14S. The third-order valence-electron chi connectivity index (χ3n) is 2.43. The van der Waals surface area contributed by atoms with E-state index in [1.165, 1.54) is 28.2 Å². The summed E-state index contributed by atoms with van der Waals surface area (Å²) in [4.78, 5) is 1.45. The second-order valence-electron chi connectivity index (χ2n) is 3.57. The van der Waals surface area contributed by atoms with E-state index >= 15 is 0 Å². The zero-order valence-corrected chi connectivity index (χ0v) is 8.95. The van der Waals surface area contributed by atoms with Gasteiger partial charge in [0.2, 0.25) is 0 Å². The molecule has 0 atom stereocenters. The summed E-state index contributed by atoms with van der Waals surface area (Å²) in [7, 11) is 0. The van der Waals surface area contributed by atoms with Crippen molar-refractivity contribution in [1.29, 1.82) is 0 Å². The fourth-order valence-electron chi connectivity index (χ4n) is 1.76. The summed E-state index contributed by atoms with van der Waals surface area (Å²) in [6.45, 7) is 4.42. The summed E-state index contributed by atoms with van der Waals surface area (Å²) in [5.74, 6) is 1.23. The van der Waals surface area contributed by atoms with Crippen molar-refractivity contribution in [3.05, 3.63) is 35.4 Å². The first-order chi connectivity index (χ1) is 6.29. The van der Waals surface area contributed by atoms with E-state index in [0.717, 1.165) is 0 Å². The third-order valence-corrected chi connectivity index (χ3v) is 3.50. The van der Waals surface area contributed by atoms with E-state index in [9.17, 15) is 0 Å². The lowest BCUT2D eigenvalue weighted by Gasteiger charge is -2.19. The van der Waals surface area contributed by atoms with Gasteiger partial charge in [0.25, 0.3) is 0 Å². The van der Waals surface area contributed by atoms with E-state index in [0.29, 0.717) is 0 Å². The Labute approximate surface area is 84.0 Å². The van der Waals surface area contributed by atoms with Gasteiger partial charge in [0.05, 0.1) is 0 Å². The molecule has 1 heterocycles. The molecule has 0 saturated carbocycles. The van der Waals surface area contributed by atoms with Crippen LogP contribution >= 0.6 is 11.8 Å². The highest BCUT2D eigenvalue weighted by Crippen LogP contribution is 2.37. The predicted molar refractivity (Wildman–Crippen MR) is 60.1 cm³/mol. The topological polar surface area (TPSA) is 0 Å². The minimum Gasteiger partial charge on any atom is -0.125 e. The van der Waals surface area contributed by atoms with Gasteiger partial charge in [-0.3, -0.25) is 0 Å². The van der Waals surface area contributed by atoms with E-state index in [-0.39, 0.29) is 0 Å². The molecule has 0 saturated heterocycles. The molecule has 0 aliphatic carbocycles. The first-order valence-corrected chi connectivity index (χ1v) is 5.66. The van der Waals surface area contributed by atoms with Crippen molar-refractivity contribution in [2.75, 3.05) is 5.75 Å². The molecule has 2 rings (SSSR count). The average Bonchev–Trinajstić information content (AvgIpc) is 2.17. The van der Waals surface area contributed by atoms with Crippen LogP contribution in [0.15, 0.2) is 34.7 Å². The second kappa shape index (κ2) is 3.59. The molecule has 0 spiro atoms. The summed E-state index contributed by atoms with van der Waals surface area (Å²) in [6.07, 6.45) is 1.23. The van der Waals surface area contributed by atoms with Gasteiger partial charge in [-0.15, -0.1) is 11.8 Å². The molecule has 1 heteroatoms. The molecule has 0 nitrogen and oxygen atoms in total. The van der Waals surface area contributed by atoms with Crippen molar-refractivity contribution in [3.63, 3.8) is 0 Å². The highest BCUT2D eigenvalue weighted by molar-refractivity contribution is 7.99. The van der Waals surface area contributed by atoms with Crippen LogP contribution < -0.4 is 0 Å². The minimum absolute atomic E-state index is 1.23. The van der Waals surface area contributed by atoms with Crippen LogP contribution in [0, 0.1) is 0 Å². The summed E-state index contributed by atoms with van der Waals surface area (Å²) in [6, 6.07) is 8.72. The van der Waals surface area contributed by atoms with E-state index in [4.69, 9.17) is 0 Å². The number of thioether (sulfide) groups is 1. The van der Waals surface area contributed by atoms with Crippen molar-refractivity contribution in [2.24, 2.45) is 0 Å². The predicted octanol–water partition coefficient (Wildman–Crippen LogP) is 3.98. The van der Waals surface area contributed by atoms with Crippen LogP contribution in [0.1, 0.15) is 25.8 Å². The lowest BCUT2D eigenvalue weighted by Crippen LogP contribution is -1.98. The largest absolute Gasteiger partial charge is 0.125 e. The molecule has 0 fully saturated rings. The highest BCUT2D eigenvalue weighted by atomic mass is 32.2. The van der Waals surface area contributed by atoms with Crippen LogP contribution in [-0.2, 0) is 0 Å². The van der Waals surface area contributed by atoms with Crippen LogP contribution in [0.25, 0.3) is 5.57 Å². The van der Waals surface area contributed by atoms with Gasteiger partial charge in [-0.2, -0.15) is 0 Å². The van der Waals surface area contributed by atoms with Gasteiger partial charge in [-0.1, -0.05) is 23.8 Å². The Kier molecular flexibility index (Phi) is 2.45. The fourth-order valence-corrected chi connectivity index (χ4v) is 2.81. The summed E-state index contributed by atoms with van der Waals surface area (Å²) < 4.78 is 0. The van der Waals surface area contributed by atoms with E-state index in [1.54, 1.807) is 5.57 Å². The van der Waals surface area contributed by atoms with Crippen molar-refractivity contribution in [3.8, 4) is 0 Å². The Balaban J connectivity index is 2.55. The van der Waals surface area contributed by atoms with Crippen LogP contribution in [0.5, 0.6) is 0 Å². The van der Waals surface area contributed by atoms with E-state index in [1.807, 2.05) is 11.8 Å². The molecule has 1 aromatic rings. The molecule has 1 aliphatic heterocycles.